The molecule has 0 aromatic heterocycles. The fourth-order valence-electron chi connectivity index (χ4n) is 2.97. The third-order valence-corrected chi connectivity index (χ3v) is 3.86. The molecule has 0 bridgehead atoms. The molecule has 0 fully saturated rings. The first kappa shape index (κ1) is 12.0. The van der Waals surface area contributed by atoms with E-state index in [0.717, 1.165) is 24.0 Å². The number of nitrogens with two attached hydrogens (primary N) is 1. The normalized spacial score (nSPS) is 13.9. The van der Waals surface area contributed by atoms with E-state index in [9.17, 15) is 4.79 Å². The Hall–Kier alpha value is -2.09. The summed E-state index contributed by atoms with van der Waals surface area (Å²) in [5.74, 6) is -0.341. The number of carbonyl (C=O) groups excluding carboxylic acids is 1. The predicted molar refractivity (Wildman–Crippen MR) is 77.0 cm³/mol. The van der Waals surface area contributed by atoms with E-state index in [-0.39, 0.29) is 5.91 Å². The summed E-state index contributed by atoms with van der Waals surface area (Å²) in [7, 11) is 0. The summed E-state index contributed by atoms with van der Waals surface area (Å²) in [5, 5.41) is 0. The molecule has 0 saturated carbocycles. The highest BCUT2D eigenvalue weighted by molar-refractivity contribution is 6.01. The number of hydrogen-bond donors (Lipinski definition) is 1. The van der Waals surface area contributed by atoms with Gasteiger partial charge in [0.05, 0.1) is 0 Å². The molecule has 1 aliphatic carbocycles. The standard InChI is InChI=1S/C17H17NO/c18-17(19)15-11-10-12-6-4-5-9-14(12)16(15)13-7-2-1-3-8-13/h1-3,7-8,10-11H,4-6,9H2,(H2,18,19). The van der Waals surface area contributed by atoms with Crippen molar-refractivity contribution in [3.8, 4) is 11.1 Å². The quantitative estimate of drug-likeness (QED) is 0.874. The van der Waals surface area contributed by atoms with Crippen LogP contribution in [0.2, 0.25) is 0 Å². The third-order valence-electron chi connectivity index (χ3n) is 3.86. The van der Waals surface area contributed by atoms with Crippen LogP contribution in [0.15, 0.2) is 42.5 Å². The smallest absolute Gasteiger partial charge is 0.249 e. The van der Waals surface area contributed by atoms with E-state index in [2.05, 4.69) is 18.2 Å². The van der Waals surface area contributed by atoms with E-state index in [1.807, 2.05) is 24.3 Å². The van der Waals surface area contributed by atoms with Crippen molar-refractivity contribution in [3.63, 3.8) is 0 Å². The maximum atomic E-state index is 11.7. The second kappa shape index (κ2) is 4.88. The second-order valence-corrected chi connectivity index (χ2v) is 5.06. The summed E-state index contributed by atoms with van der Waals surface area (Å²) in [5.41, 5.74) is 11.0. The Kier molecular flexibility index (Phi) is 3.08. The highest BCUT2D eigenvalue weighted by Gasteiger charge is 2.19. The number of carbonyl (C=O) groups is 1. The van der Waals surface area contributed by atoms with Gasteiger partial charge in [-0.05, 0) is 54.0 Å². The molecule has 19 heavy (non-hydrogen) atoms. The maximum Gasteiger partial charge on any atom is 0.249 e. The van der Waals surface area contributed by atoms with Crippen LogP contribution >= 0.6 is 0 Å². The summed E-state index contributed by atoms with van der Waals surface area (Å²) in [6.45, 7) is 0. The minimum Gasteiger partial charge on any atom is -0.366 e. The zero-order valence-electron chi connectivity index (χ0n) is 10.9. The zero-order valence-corrected chi connectivity index (χ0v) is 10.9. The molecule has 2 aromatic carbocycles. The molecule has 0 unspecified atom stereocenters. The van der Waals surface area contributed by atoms with Crippen molar-refractivity contribution >= 4 is 5.91 Å². The Morgan fingerprint density at radius 3 is 2.42 bits per heavy atom. The Bertz CT molecular complexity index is 617. The molecule has 2 heteroatoms. The predicted octanol–water partition coefficient (Wildman–Crippen LogP) is 3.33. The zero-order chi connectivity index (χ0) is 13.2. The van der Waals surface area contributed by atoms with Gasteiger partial charge in [0.1, 0.15) is 0 Å². The molecule has 0 radical (unpaired) electrons. The summed E-state index contributed by atoms with van der Waals surface area (Å²) in [6.07, 6.45) is 4.57. The number of benzene rings is 2. The molecule has 0 heterocycles. The lowest BCUT2D eigenvalue weighted by molar-refractivity contribution is 0.100. The molecule has 96 valence electrons. The number of amides is 1. The fourth-order valence-corrected chi connectivity index (χ4v) is 2.97. The van der Waals surface area contributed by atoms with Crippen molar-refractivity contribution in [3.05, 3.63) is 59.2 Å². The summed E-state index contributed by atoms with van der Waals surface area (Å²) in [6, 6.07) is 14.1. The fraction of sp³-hybridized carbons (Fsp3) is 0.235. The largest absolute Gasteiger partial charge is 0.366 e. The van der Waals surface area contributed by atoms with Crippen molar-refractivity contribution in [2.24, 2.45) is 5.73 Å². The van der Waals surface area contributed by atoms with E-state index in [1.54, 1.807) is 0 Å². The summed E-state index contributed by atoms with van der Waals surface area (Å²) >= 11 is 0. The van der Waals surface area contributed by atoms with E-state index in [1.165, 1.54) is 24.0 Å². The number of primary amides is 1. The molecular formula is C17H17NO. The van der Waals surface area contributed by atoms with Crippen molar-refractivity contribution < 1.29 is 4.79 Å². The SMILES string of the molecule is NC(=O)c1ccc2c(c1-c1ccccc1)CCCC2. The van der Waals surface area contributed by atoms with Crippen LogP contribution in [0.5, 0.6) is 0 Å². The molecule has 1 aliphatic rings. The van der Waals surface area contributed by atoms with Gasteiger partial charge in [0.25, 0.3) is 0 Å². The van der Waals surface area contributed by atoms with E-state index < -0.39 is 0 Å². The highest BCUT2D eigenvalue weighted by atomic mass is 16.1. The van der Waals surface area contributed by atoms with Gasteiger partial charge in [-0.15, -0.1) is 0 Å². The first-order chi connectivity index (χ1) is 9.27. The van der Waals surface area contributed by atoms with Crippen molar-refractivity contribution in [2.45, 2.75) is 25.7 Å². The summed E-state index contributed by atoms with van der Waals surface area (Å²) in [4.78, 5) is 11.7. The van der Waals surface area contributed by atoms with Gasteiger partial charge in [-0.3, -0.25) is 4.79 Å². The molecule has 1 amide bonds. The van der Waals surface area contributed by atoms with Crippen LogP contribution in [-0.2, 0) is 12.8 Å². The van der Waals surface area contributed by atoms with E-state index >= 15 is 0 Å². The van der Waals surface area contributed by atoms with Crippen molar-refractivity contribution in [2.75, 3.05) is 0 Å². The molecule has 2 N–H and O–H groups in total. The first-order valence-corrected chi connectivity index (χ1v) is 6.77. The topological polar surface area (TPSA) is 43.1 Å². The minimum atomic E-state index is -0.341. The molecule has 0 saturated heterocycles. The lowest BCUT2D eigenvalue weighted by Crippen LogP contribution is -2.15. The molecule has 3 rings (SSSR count). The monoisotopic (exact) mass is 251 g/mol. The van der Waals surface area contributed by atoms with Crippen LogP contribution in [0.1, 0.15) is 34.3 Å². The van der Waals surface area contributed by atoms with Crippen LogP contribution in [0.25, 0.3) is 11.1 Å². The van der Waals surface area contributed by atoms with Gasteiger partial charge in [-0.2, -0.15) is 0 Å². The maximum absolute atomic E-state index is 11.7. The van der Waals surface area contributed by atoms with Gasteiger partial charge in [0, 0.05) is 5.56 Å². The average molecular weight is 251 g/mol. The van der Waals surface area contributed by atoms with Gasteiger partial charge < -0.3 is 5.73 Å². The van der Waals surface area contributed by atoms with Gasteiger partial charge in [0.2, 0.25) is 5.91 Å². The van der Waals surface area contributed by atoms with Crippen molar-refractivity contribution in [1.82, 2.24) is 0 Å². The van der Waals surface area contributed by atoms with E-state index in [0.29, 0.717) is 5.56 Å². The van der Waals surface area contributed by atoms with Crippen molar-refractivity contribution in [1.29, 1.82) is 0 Å². The minimum absolute atomic E-state index is 0.341. The van der Waals surface area contributed by atoms with Gasteiger partial charge in [0.15, 0.2) is 0 Å². The Balaban J connectivity index is 2.27. The Morgan fingerprint density at radius 2 is 1.68 bits per heavy atom. The van der Waals surface area contributed by atoms with Crippen LogP contribution in [0.3, 0.4) is 0 Å². The molecule has 0 aliphatic heterocycles. The van der Waals surface area contributed by atoms with Gasteiger partial charge >= 0.3 is 0 Å². The lowest BCUT2D eigenvalue weighted by Gasteiger charge is -2.21. The number of fused-ring (bicyclic) bond motifs is 1. The van der Waals surface area contributed by atoms with Crippen LogP contribution in [0.4, 0.5) is 0 Å². The molecule has 0 spiro atoms. The number of hydrogen-bond acceptors (Lipinski definition) is 1. The molecule has 2 aromatic rings. The molecule has 0 atom stereocenters. The van der Waals surface area contributed by atoms with Gasteiger partial charge in [-0.25, -0.2) is 0 Å². The van der Waals surface area contributed by atoms with E-state index in [4.69, 9.17) is 5.73 Å². The van der Waals surface area contributed by atoms with Crippen LogP contribution < -0.4 is 5.73 Å². The van der Waals surface area contributed by atoms with Gasteiger partial charge in [-0.1, -0.05) is 36.4 Å². The second-order valence-electron chi connectivity index (χ2n) is 5.06. The lowest BCUT2D eigenvalue weighted by atomic mass is 9.83. The summed E-state index contributed by atoms with van der Waals surface area (Å²) < 4.78 is 0. The Labute approximate surface area is 113 Å². The number of aryl methyl sites for hydroxylation is 1. The average Bonchev–Trinajstić information content (AvgIpc) is 2.46. The van der Waals surface area contributed by atoms with Crippen LogP contribution in [-0.4, -0.2) is 5.91 Å². The molecular weight excluding hydrogens is 234 g/mol. The highest BCUT2D eigenvalue weighted by Crippen LogP contribution is 2.34. The molecule has 2 nitrogen and oxygen atoms in total. The Morgan fingerprint density at radius 1 is 0.947 bits per heavy atom. The van der Waals surface area contributed by atoms with Crippen LogP contribution in [0, 0.1) is 0 Å². The third kappa shape index (κ3) is 2.14. The number of rotatable bonds is 2. The first-order valence-electron chi connectivity index (χ1n) is 6.77.